The fraction of sp³-hybridized carbons (Fsp3) is 0.0714. The van der Waals surface area contributed by atoms with E-state index >= 15 is 0 Å². The van der Waals surface area contributed by atoms with Crippen LogP contribution in [0.4, 0.5) is 21.5 Å². The second kappa shape index (κ2) is 5.92. The maximum Gasteiger partial charge on any atom is 0.337 e. The Balaban J connectivity index is 2.37. The Morgan fingerprint density at radius 2 is 2.00 bits per heavy atom. The van der Waals surface area contributed by atoms with Crippen LogP contribution in [0.3, 0.4) is 0 Å². The van der Waals surface area contributed by atoms with Crippen molar-refractivity contribution in [2.45, 2.75) is 0 Å². The highest BCUT2D eigenvalue weighted by molar-refractivity contribution is 9.10. The van der Waals surface area contributed by atoms with Crippen molar-refractivity contribution in [2.24, 2.45) is 0 Å². The minimum absolute atomic E-state index is 0.358. The summed E-state index contributed by atoms with van der Waals surface area (Å²) in [6.07, 6.45) is 0. The first kappa shape index (κ1) is 14.3. The normalized spacial score (nSPS) is 10.2. The standard InChI is InChI=1S/C14H12BrFN2O2/c1-20-14(19)8-2-5-11(17)13(6-8)18-12-7-9(16)3-4-10(12)15/h2-7,18H,17H2,1H3. The van der Waals surface area contributed by atoms with Gasteiger partial charge in [0.05, 0.1) is 29.7 Å². The molecule has 0 aromatic heterocycles. The number of nitrogens with two attached hydrogens (primary N) is 1. The predicted molar refractivity (Wildman–Crippen MR) is 79.6 cm³/mol. The van der Waals surface area contributed by atoms with Gasteiger partial charge in [-0.1, -0.05) is 0 Å². The van der Waals surface area contributed by atoms with Crippen LogP contribution in [0.2, 0.25) is 0 Å². The molecule has 0 aliphatic heterocycles. The highest BCUT2D eigenvalue weighted by Gasteiger charge is 2.10. The molecule has 0 atom stereocenters. The second-order valence-electron chi connectivity index (χ2n) is 4.04. The van der Waals surface area contributed by atoms with Gasteiger partial charge in [0, 0.05) is 4.47 Å². The summed E-state index contributed by atoms with van der Waals surface area (Å²) in [7, 11) is 1.30. The molecule has 0 bridgehead atoms. The first-order valence-electron chi connectivity index (χ1n) is 5.71. The molecule has 0 saturated heterocycles. The summed E-state index contributed by atoms with van der Waals surface area (Å²) in [5.74, 6) is -0.843. The number of benzene rings is 2. The summed E-state index contributed by atoms with van der Waals surface area (Å²) in [4.78, 5) is 11.5. The maximum atomic E-state index is 13.2. The van der Waals surface area contributed by atoms with Crippen LogP contribution in [0.15, 0.2) is 40.9 Å². The number of nitrogen functional groups attached to an aromatic ring is 1. The molecule has 0 radical (unpaired) electrons. The summed E-state index contributed by atoms with van der Waals surface area (Å²) < 4.78 is 18.6. The fourth-order valence-corrected chi connectivity index (χ4v) is 1.99. The van der Waals surface area contributed by atoms with Crippen LogP contribution in [0.5, 0.6) is 0 Å². The van der Waals surface area contributed by atoms with E-state index in [1.54, 1.807) is 24.3 Å². The van der Waals surface area contributed by atoms with Crippen molar-refractivity contribution in [3.63, 3.8) is 0 Å². The van der Waals surface area contributed by atoms with E-state index in [4.69, 9.17) is 5.73 Å². The summed E-state index contributed by atoms with van der Waals surface area (Å²) in [5.41, 5.74) is 7.65. The molecule has 2 aromatic carbocycles. The molecule has 0 aliphatic rings. The molecule has 0 amide bonds. The van der Waals surface area contributed by atoms with Crippen LogP contribution < -0.4 is 11.1 Å². The molecule has 3 N–H and O–H groups in total. The van der Waals surface area contributed by atoms with E-state index in [0.29, 0.717) is 27.1 Å². The van der Waals surface area contributed by atoms with Gasteiger partial charge >= 0.3 is 5.97 Å². The minimum atomic E-state index is -0.466. The number of hydrogen-bond donors (Lipinski definition) is 2. The molecule has 2 aromatic rings. The Bertz CT molecular complexity index is 662. The van der Waals surface area contributed by atoms with Crippen molar-refractivity contribution in [3.8, 4) is 0 Å². The molecule has 104 valence electrons. The van der Waals surface area contributed by atoms with Gasteiger partial charge in [-0.05, 0) is 52.3 Å². The number of carbonyl (C=O) groups is 1. The van der Waals surface area contributed by atoms with E-state index in [1.807, 2.05) is 0 Å². The first-order valence-corrected chi connectivity index (χ1v) is 6.50. The van der Waals surface area contributed by atoms with E-state index in [9.17, 15) is 9.18 Å². The number of nitrogens with one attached hydrogen (secondary N) is 1. The van der Waals surface area contributed by atoms with Crippen LogP contribution in [-0.2, 0) is 4.74 Å². The SMILES string of the molecule is COC(=O)c1ccc(N)c(Nc2cc(F)ccc2Br)c1. The summed E-state index contributed by atoms with van der Waals surface area (Å²) in [6.45, 7) is 0. The quantitative estimate of drug-likeness (QED) is 0.661. The van der Waals surface area contributed by atoms with Gasteiger partial charge in [0.1, 0.15) is 5.82 Å². The molecule has 0 saturated carbocycles. The largest absolute Gasteiger partial charge is 0.465 e. The number of carbonyl (C=O) groups excluding carboxylic acids is 1. The van der Waals surface area contributed by atoms with Gasteiger partial charge in [0.25, 0.3) is 0 Å². The maximum absolute atomic E-state index is 13.2. The highest BCUT2D eigenvalue weighted by atomic mass is 79.9. The highest BCUT2D eigenvalue weighted by Crippen LogP contribution is 2.30. The molecular weight excluding hydrogens is 327 g/mol. The molecular formula is C14H12BrFN2O2. The van der Waals surface area contributed by atoms with Crippen LogP contribution in [0, 0.1) is 5.82 Å². The van der Waals surface area contributed by atoms with E-state index < -0.39 is 5.97 Å². The van der Waals surface area contributed by atoms with Crippen LogP contribution >= 0.6 is 15.9 Å². The molecule has 0 spiro atoms. The van der Waals surface area contributed by atoms with Gasteiger partial charge in [-0.25, -0.2) is 9.18 Å². The molecule has 20 heavy (non-hydrogen) atoms. The molecule has 0 heterocycles. The van der Waals surface area contributed by atoms with Crippen molar-refractivity contribution in [2.75, 3.05) is 18.2 Å². The molecule has 4 nitrogen and oxygen atoms in total. The van der Waals surface area contributed by atoms with Crippen LogP contribution in [-0.4, -0.2) is 13.1 Å². The lowest BCUT2D eigenvalue weighted by Crippen LogP contribution is -2.04. The minimum Gasteiger partial charge on any atom is -0.465 e. The molecule has 0 aliphatic carbocycles. The Kier molecular flexibility index (Phi) is 4.24. The van der Waals surface area contributed by atoms with Gasteiger partial charge in [0.2, 0.25) is 0 Å². The van der Waals surface area contributed by atoms with E-state index in [1.165, 1.54) is 19.2 Å². The van der Waals surface area contributed by atoms with E-state index in [-0.39, 0.29) is 5.82 Å². The number of hydrogen-bond acceptors (Lipinski definition) is 4. The first-order chi connectivity index (χ1) is 9.51. The molecule has 6 heteroatoms. The zero-order chi connectivity index (χ0) is 14.7. The number of esters is 1. The van der Waals surface area contributed by atoms with Gasteiger partial charge in [-0.2, -0.15) is 0 Å². The second-order valence-corrected chi connectivity index (χ2v) is 4.90. The van der Waals surface area contributed by atoms with Crippen molar-refractivity contribution >= 4 is 39.0 Å². The lowest BCUT2D eigenvalue weighted by molar-refractivity contribution is 0.0601. The number of methoxy groups -OCH3 is 1. The zero-order valence-electron chi connectivity index (χ0n) is 10.6. The molecule has 2 rings (SSSR count). The Morgan fingerprint density at radius 3 is 2.70 bits per heavy atom. The Hall–Kier alpha value is -2.08. The summed E-state index contributed by atoms with van der Waals surface area (Å²) >= 11 is 3.31. The summed E-state index contributed by atoms with van der Waals surface area (Å²) in [6, 6.07) is 8.95. The predicted octanol–water partition coefficient (Wildman–Crippen LogP) is 3.70. The van der Waals surface area contributed by atoms with Crippen molar-refractivity contribution < 1.29 is 13.9 Å². The van der Waals surface area contributed by atoms with E-state index in [0.717, 1.165) is 0 Å². The molecule has 0 fully saturated rings. The van der Waals surface area contributed by atoms with Crippen molar-refractivity contribution in [3.05, 3.63) is 52.3 Å². The van der Waals surface area contributed by atoms with Crippen molar-refractivity contribution in [1.29, 1.82) is 0 Å². The average Bonchev–Trinajstić information content (AvgIpc) is 2.44. The fourth-order valence-electron chi connectivity index (χ4n) is 1.65. The third-order valence-corrected chi connectivity index (χ3v) is 3.36. The monoisotopic (exact) mass is 338 g/mol. The van der Waals surface area contributed by atoms with Crippen molar-refractivity contribution in [1.82, 2.24) is 0 Å². The summed E-state index contributed by atoms with van der Waals surface area (Å²) in [5, 5.41) is 2.98. The van der Waals surface area contributed by atoms with Crippen LogP contribution in [0.25, 0.3) is 0 Å². The van der Waals surface area contributed by atoms with Gasteiger partial charge < -0.3 is 15.8 Å². The third-order valence-electron chi connectivity index (χ3n) is 2.67. The number of ether oxygens (including phenoxy) is 1. The van der Waals surface area contributed by atoms with E-state index in [2.05, 4.69) is 26.0 Å². The zero-order valence-corrected chi connectivity index (χ0v) is 12.2. The van der Waals surface area contributed by atoms with Crippen LogP contribution in [0.1, 0.15) is 10.4 Å². The smallest absolute Gasteiger partial charge is 0.337 e. The Morgan fingerprint density at radius 1 is 1.25 bits per heavy atom. The lowest BCUT2D eigenvalue weighted by atomic mass is 10.1. The third kappa shape index (κ3) is 3.08. The van der Waals surface area contributed by atoms with Gasteiger partial charge in [-0.15, -0.1) is 0 Å². The number of halogens is 2. The van der Waals surface area contributed by atoms with Gasteiger partial charge in [-0.3, -0.25) is 0 Å². The average molecular weight is 339 g/mol. The molecule has 0 unspecified atom stereocenters. The lowest BCUT2D eigenvalue weighted by Gasteiger charge is -2.12. The van der Waals surface area contributed by atoms with Gasteiger partial charge in [0.15, 0.2) is 0 Å². The number of rotatable bonds is 3. The Labute approximate surface area is 123 Å². The number of anilines is 3. The topological polar surface area (TPSA) is 64.3 Å².